The second-order valence-corrected chi connectivity index (χ2v) is 17.3. The first-order valence-corrected chi connectivity index (χ1v) is 18.9. The van der Waals surface area contributed by atoms with E-state index in [1.807, 2.05) is 6.07 Å². The highest BCUT2D eigenvalue weighted by atomic mass is 16.7. The summed E-state index contributed by atoms with van der Waals surface area (Å²) in [5, 5.41) is 1.09. The van der Waals surface area contributed by atoms with Crippen LogP contribution in [0.15, 0.2) is 71.1 Å². The summed E-state index contributed by atoms with van der Waals surface area (Å²) in [6.07, 6.45) is 0. The molecule has 0 N–H and O–H groups in total. The summed E-state index contributed by atoms with van der Waals surface area (Å²) in [4.78, 5) is 4.70. The van der Waals surface area contributed by atoms with Crippen LogP contribution < -0.4 is 54.6 Å². The maximum absolute atomic E-state index is 7.16. The Morgan fingerprint density at radius 2 is 1.22 bits per heavy atom. The first kappa shape index (κ1) is 32.5. The zero-order valence-corrected chi connectivity index (χ0v) is 32.3. The van der Waals surface area contributed by atoms with Gasteiger partial charge in [0.05, 0.1) is 11.4 Å². The number of hydrogen-bond acceptors (Lipinski definition) is 9. The van der Waals surface area contributed by atoms with Crippen LogP contribution in [0.25, 0.3) is 11.0 Å². The van der Waals surface area contributed by atoms with E-state index in [2.05, 4.69) is 126 Å². The van der Waals surface area contributed by atoms with Crippen molar-refractivity contribution in [1.29, 1.82) is 0 Å². The number of aryl methyl sites for hydroxylation is 1. The molecule has 0 atom stereocenters. The highest BCUT2D eigenvalue weighted by Gasteiger charge is 2.48. The van der Waals surface area contributed by atoms with E-state index in [0.29, 0.717) is 5.75 Å². The Morgan fingerprint density at radius 3 is 1.96 bits per heavy atom. The monoisotopic (exact) mass is 732 g/mol. The van der Waals surface area contributed by atoms with Gasteiger partial charge in [0.2, 0.25) is 26.3 Å². The summed E-state index contributed by atoms with van der Waals surface area (Å²) in [6.45, 7) is 18.2. The lowest BCUT2D eigenvalue weighted by Crippen LogP contribution is -2.61. The van der Waals surface area contributed by atoms with Crippen LogP contribution in [0.3, 0.4) is 0 Å². The molecule has 0 radical (unpaired) electrons. The molecule has 10 heteroatoms. The van der Waals surface area contributed by atoms with Crippen LogP contribution in [0.5, 0.6) is 34.5 Å². The number of nitrogens with zero attached hydrogens (tertiary/aromatic N) is 2. The number of benzene rings is 5. The molecule has 0 unspecified atom stereocenters. The van der Waals surface area contributed by atoms with Gasteiger partial charge in [-0.25, -0.2) is 0 Å². The van der Waals surface area contributed by atoms with E-state index >= 15 is 0 Å². The van der Waals surface area contributed by atoms with Crippen molar-refractivity contribution in [2.75, 3.05) is 30.2 Å². The average molecular weight is 733 g/mol. The third-order valence-corrected chi connectivity index (χ3v) is 11.8. The van der Waals surface area contributed by atoms with Gasteiger partial charge in [0.25, 0.3) is 6.71 Å². The van der Waals surface area contributed by atoms with E-state index < -0.39 is 0 Å². The summed E-state index contributed by atoms with van der Waals surface area (Å²) < 4.78 is 43.1. The molecule has 0 fully saturated rings. The van der Waals surface area contributed by atoms with Crippen molar-refractivity contribution in [3.63, 3.8) is 0 Å². The Balaban J connectivity index is 1.30. The molecule has 0 amide bonds. The summed E-state index contributed by atoms with van der Waals surface area (Å²) in [6, 6.07) is 24.0. The van der Waals surface area contributed by atoms with E-state index in [4.69, 9.17) is 32.8 Å². The van der Waals surface area contributed by atoms with Gasteiger partial charge in [0, 0.05) is 45.6 Å². The number of rotatable bonds is 2. The number of anilines is 6. The first-order valence-electron chi connectivity index (χ1n) is 18.9. The predicted octanol–water partition coefficient (Wildman–Crippen LogP) is 8.91. The Labute approximate surface area is 320 Å². The van der Waals surface area contributed by atoms with Crippen molar-refractivity contribution >= 4 is 68.4 Å². The molecule has 0 saturated heterocycles. The van der Waals surface area contributed by atoms with Crippen LogP contribution in [0.4, 0.5) is 34.3 Å². The normalized spacial score (nSPS) is 15.8. The molecule has 0 aliphatic carbocycles. The van der Waals surface area contributed by atoms with Crippen molar-refractivity contribution in [3.8, 4) is 34.5 Å². The summed E-state index contributed by atoms with van der Waals surface area (Å²) in [7, 11) is 0. The van der Waals surface area contributed by atoms with Gasteiger partial charge in [0.1, 0.15) is 5.58 Å². The fourth-order valence-electron chi connectivity index (χ4n) is 9.03. The van der Waals surface area contributed by atoms with Gasteiger partial charge in [-0.1, -0.05) is 47.6 Å². The van der Waals surface area contributed by atoms with Gasteiger partial charge in [-0.15, -0.1) is 0 Å². The Hall–Kier alpha value is -5.90. The minimum absolute atomic E-state index is 0.0749. The number of ether oxygens (including phenoxy) is 6. The summed E-state index contributed by atoms with van der Waals surface area (Å²) in [5.74, 6) is 5.22. The number of hydrogen-bond donors (Lipinski definition) is 0. The molecule has 11 rings (SSSR count). The van der Waals surface area contributed by atoms with E-state index in [1.54, 1.807) is 0 Å². The maximum atomic E-state index is 7.16. The van der Waals surface area contributed by atoms with E-state index in [9.17, 15) is 0 Å². The molecule has 6 heterocycles. The van der Waals surface area contributed by atoms with Crippen LogP contribution in [-0.2, 0) is 10.8 Å². The topological polar surface area (TPSA) is 75.0 Å². The highest BCUT2D eigenvalue weighted by Crippen LogP contribution is 2.53. The van der Waals surface area contributed by atoms with Gasteiger partial charge in [-0.3, -0.25) is 4.90 Å². The van der Waals surface area contributed by atoms with E-state index in [0.717, 1.165) is 96.1 Å². The first-order chi connectivity index (χ1) is 26.3. The average Bonchev–Trinajstić information content (AvgIpc) is 3.96. The molecule has 5 aliphatic rings. The molecular weight excluding hydrogens is 691 g/mol. The molecule has 1 aromatic heterocycles. The molecule has 55 heavy (non-hydrogen) atoms. The lowest BCUT2D eigenvalue weighted by atomic mass is 9.33. The molecule has 0 spiro atoms. The standard InChI is InChI=1S/C45H41BN2O7/c1-23-13-38-42(54-22-53-38)24(2)41(23)48-32-16-26(45(6,7)8)15-31-40(32)46(39-28-14-25(44(3,4)5)9-11-33(28)55-43(39)48)29-18-36-37(52-21-51-36)19-30(29)47(31)27-10-12-34-35(17-27)50-20-49-34/h9-19H,20-22H2,1-8H3. The lowest BCUT2D eigenvalue weighted by molar-refractivity contribution is 0.173. The minimum atomic E-state index is -0.203. The Kier molecular flexibility index (Phi) is 6.43. The largest absolute Gasteiger partial charge is 0.454 e. The van der Waals surface area contributed by atoms with Crippen molar-refractivity contribution in [2.24, 2.45) is 0 Å². The second-order valence-electron chi connectivity index (χ2n) is 17.3. The van der Waals surface area contributed by atoms with Crippen LogP contribution in [0.2, 0.25) is 0 Å². The van der Waals surface area contributed by atoms with Crippen LogP contribution in [-0.4, -0.2) is 27.1 Å². The number of fused-ring (bicyclic) bond motifs is 9. The summed E-state index contributed by atoms with van der Waals surface area (Å²) >= 11 is 0. The molecule has 0 bridgehead atoms. The maximum Gasteiger partial charge on any atom is 0.257 e. The van der Waals surface area contributed by atoms with Crippen molar-refractivity contribution < 1.29 is 32.8 Å². The van der Waals surface area contributed by atoms with E-state index in [-0.39, 0.29) is 37.9 Å². The molecule has 0 saturated carbocycles. The molecule has 5 aliphatic heterocycles. The second kappa shape index (κ2) is 10.9. The molecule has 276 valence electrons. The van der Waals surface area contributed by atoms with Crippen LogP contribution in [0.1, 0.15) is 63.8 Å². The SMILES string of the molecule is Cc1cc2c(c(C)c1N1c3cc(C(C)(C)C)cc4c3B(c3cc5c(cc3N4c3ccc4c(c3)OCO4)OCO5)c3c1oc1ccc(C(C)(C)C)cc31)OCO2. The van der Waals surface area contributed by atoms with Crippen molar-refractivity contribution in [2.45, 2.75) is 66.2 Å². The van der Waals surface area contributed by atoms with Crippen molar-refractivity contribution in [3.05, 3.63) is 89.0 Å². The minimum Gasteiger partial charge on any atom is -0.454 e. The fraction of sp³-hybridized carbons (Fsp3) is 0.289. The molecule has 9 nitrogen and oxygen atoms in total. The van der Waals surface area contributed by atoms with Crippen molar-refractivity contribution in [1.82, 2.24) is 0 Å². The Morgan fingerprint density at radius 1 is 0.564 bits per heavy atom. The molecule has 5 aromatic carbocycles. The Bertz CT molecular complexity index is 2670. The third kappa shape index (κ3) is 4.54. The zero-order chi connectivity index (χ0) is 37.7. The van der Waals surface area contributed by atoms with Gasteiger partial charge < -0.3 is 37.7 Å². The van der Waals surface area contributed by atoms with Gasteiger partial charge in [-0.05, 0) is 101 Å². The van der Waals surface area contributed by atoms with Gasteiger partial charge in [-0.2, -0.15) is 0 Å². The van der Waals surface area contributed by atoms with Gasteiger partial charge in [0.15, 0.2) is 34.5 Å². The lowest BCUT2D eigenvalue weighted by Gasteiger charge is -2.44. The summed E-state index contributed by atoms with van der Waals surface area (Å²) in [5.41, 5.74) is 13.5. The number of furan rings is 1. The highest BCUT2D eigenvalue weighted by molar-refractivity contribution is 7.01. The smallest absolute Gasteiger partial charge is 0.257 e. The van der Waals surface area contributed by atoms with Gasteiger partial charge >= 0.3 is 0 Å². The molecule has 6 aromatic rings. The van der Waals surface area contributed by atoms with E-state index in [1.165, 1.54) is 16.6 Å². The van der Waals surface area contributed by atoms with Crippen LogP contribution in [0, 0.1) is 13.8 Å². The zero-order valence-electron chi connectivity index (χ0n) is 32.3. The molecular formula is C45H41BN2O7. The quantitative estimate of drug-likeness (QED) is 0.162. The van der Waals surface area contributed by atoms with Crippen LogP contribution >= 0.6 is 0 Å². The third-order valence-electron chi connectivity index (χ3n) is 11.8. The fourth-order valence-corrected chi connectivity index (χ4v) is 9.03. The predicted molar refractivity (Wildman–Crippen MR) is 215 cm³/mol.